The second-order valence-electron chi connectivity index (χ2n) is 3.68. The molecule has 6 nitrogen and oxygen atoms in total. The van der Waals surface area contributed by atoms with Crippen molar-refractivity contribution >= 4 is 34.1 Å². The van der Waals surface area contributed by atoms with Crippen molar-refractivity contribution in [3.05, 3.63) is 44.5 Å². The van der Waals surface area contributed by atoms with Gasteiger partial charge in [0.2, 0.25) is 0 Å². The molecule has 0 bridgehead atoms. The number of halogens is 1. The van der Waals surface area contributed by atoms with Gasteiger partial charge in [-0.05, 0) is 34.7 Å². The number of nitrogens with one attached hydrogen (secondary N) is 2. The smallest absolute Gasteiger partial charge is 0.266 e. The SMILES string of the molecule is NCCOc1cccc(Nc2nc[nH]c(=O)c2I)c1. The van der Waals surface area contributed by atoms with Gasteiger partial charge in [-0.3, -0.25) is 4.79 Å². The predicted molar refractivity (Wildman–Crippen MR) is 81.8 cm³/mol. The molecule has 100 valence electrons. The van der Waals surface area contributed by atoms with E-state index in [-0.39, 0.29) is 5.56 Å². The lowest BCUT2D eigenvalue weighted by atomic mass is 10.3. The fourth-order valence-corrected chi connectivity index (χ4v) is 1.88. The first kappa shape index (κ1) is 13.8. The topological polar surface area (TPSA) is 93.0 Å². The van der Waals surface area contributed by atoms with E-state index in [2.05, 4.69) is 15.3 Å². The van der Waals surface area contributed by atoms with Gasteiger partial charge in [0.1, 0.15) is 15.9 Å². The van der Waals surface area contributed by atoms with Crippen LogP contribution in [0, 0.1) is 3.57 Å². The number of aromatic amines is 1. The van der Waals surface area contributed by atoms with Gasteiger partial charge in [-0.25, -0.2) is 4.98 Å². The summed E-state index contributed by atoms with van der Waals surface area (Å²) in [7, 11) is 0. The molecule has 0 atom stereocenters. The zero-order chi connectivity index (χ0) is 13.7. The van der Waals surface area contributed by atoms with Gasteiger partial charge in [-0.2, -0.15) is 0 Å². The van der Waals surface area contributed by atoms with Gasteiger partial charge < -0.3 is 20.8 Å². The number of ether oxygens (including phenoxy) is 1. The van der Waals surface area contributed by atoms with Crippen molar-refractivity contribution in [2.45, 2.75) is 0 Å². The highest BCUT2D eigenvalue weighted by molar-refractivity contribution is 14.1. The minimum absolute atomic E-state index is 0.173. The first-order valence-corrected chi connectivity index (χ1v) is 6.71. The van der Waals surface area contributed by atoms with Crippen molar-refractivity contribution in [1.29, 1.82) is 0 Å². The van der Waals surface area contributed by atoms with Crippen molar-refractivity contribution < 1.29 is 4.74 Å². The molecule has 0 saturated heterocycles. The van der Waals surface area contributed by atoms with Crippen LogP contribution in [0.1, 0.15) is 0 Å². The molecule has 0 radical (unpaired) electrons. The van der Waals surface area contributed by atoms with E-state index in [0.29, 0.717) is 22.5 Å². The standard InChI is InChI=1S/C12H13IN4O2/c13-10-11(15-7-16-12(10)18)17-8-2-1-3-9(6-8)19-5-4-14/h1-3,6-7H,4-5,14H2,(H2,15,16,17,18). The Hall–Kier alpha value is -1.61. The van der Waals surface area contributed by atoms with Crippen molar-refractivity contribution in [3.63, 3.8) is 0 Å². The fourth-order valence-electron chi connectivity index (χ4n) is 1.45. The Kier molecular flexibility index (Phi) is 4.74. The number of nitrogens with zero attached hydrogens (tertiary/aromatic N) is 1. The average Bonchev–Trinajstić information content (AvgIpc) is 2.42. The van der Waals surface area contributed by atoms with E-state index >= 15 is 0 Å². The highest BCUT2D eigenvalue weighted by Crippen LogP contribution is 2.21. The minimum Gasteiger partial charge on any atom is -0.492 e. The van der Waals surface area contributed by atoms with Gasteiger partial charge in [-0.1, -0.05) is 6.07 Å². The van der Waals surface area contributed by atoms with Crippen LogP contribution in [0.25, 0.3) is 0 Å². The number of anilines is 2. The lowest BCUT2D eigenvalue weighted by Crippen LogP contribution is -2.13. The maximum atomic E-state index is 11.5. The third kappa shape index (κ3) is 3.67. The lowest BCUT2D eigenvalue weighted by Gasteiger charge is -2.09. The highest BCUT2D eigenvalue weighted by atomic mass is 127. The van der Waals surface area contributed by atoms with Gasteiger partial charge in [0.05, 0.1) is 6.33 Å². The molecular formula is C12H13IN4O2. The molecule has 19 heavy (non-hydrogen) atoms. The number of benzene rings is 1. The van der Waals surface area contributed by atoms with Crippen LogP contribution in [0.2, 0.25) is 0 Å². The van der Waals surface area contributed by atoms with E-state index in [1.807, 2.05) is 46.9 Å². The van der Waals surface area contributed by atoms with E-state index in [0.717, 1.165) is 11.4 Å². The summed E-state index contributed by atoms with van der Waals surface area (Å²) in [5.74, 6) is 1.23. The quantitative estimate of drug-likeness (QED) is 0.691. The van der Waals surface area contributed by atoms with E-state index in [4.69, 9.17) is 10.5 Å². The molecule has 0 spiro atoms. The van der Waals surface area contributed by atoms with E-state index in [9.17, 15) is 4.79 Å². The molecule has 2 rings (SSSR count). The van der Waals surface area contributed by atoms with Crippen LogP contribution in [0.4, 0.5) is 11.5 Å². The second kappa shape index (κ2) is 6.53. The summed E-state index contributed by atoms with van der Waals surface area (Å²) in [6, 6.07) is 7.40. The number of hydrogen-bond acceptors (Lipinski definition) is 5. The van der Waals surface area contributed by atoms with Crippen LogP contribution in [0.5, 0.6) is 5.75 Å². The molecule has 0 aliphatic heterocycles. The molecular weight excluding hydrogens is 359 g/mol. The molecule has 1 heterocycles. The largest absolute Gasteiger partial charge is 0.492 e. The maximum absolute atomic E-state index is 11.5. The Morgan fingerprint density at radius 2 is 2.32 bits per heavy atom. The number of hydrogen-bond donors (Lipinski definition) is 3. The Bertz CT molecular complexity index is 615. The summed E-state index contributed by atoms with van der Waals surface area (Å²) >= 11 is 1.95. The van der Waals surface area contributed by atoms with Crippen LogP contribution in [0.15, 0.2) is 35.4 Å². The van der Waals surface area contributed by atoms with E-state index in [1.54, 1.807) is 0 Å². The summed E-state index contributed by atoms with van der Waals surface area (Å²) in [5, 5.41) is 3.08. The van der Waals surface area contributed by atoms with Gasteiger partial charge in [0.25, 0.3) is 5.56 Å². The van der Waals surface area contributed by atoms with Crippen LogP contribution >= 0.6 is 22.6 Å². The number of rotatable bonds is 5. The summed E-state index contributed by atoms with van der Waals surface area (Å²) in [6.45, 7) is 0.926. The second-order valence-corrected chi connectivity index (χ2v) is 4.76. The monoisotopic (exact) mass is 372 g/mol. The minimum atomic E-state index is -0.173. The van der Waals surface area contributed by atoms with Gasteiger partial charge in [-0.15, -0.1) is 0 Å². The molecule has 7 heteroatoms. The summed E-state index contributed by atoms with van der Waals surface area (Å²) in [5.41, 5.74) is 6.01. The molecule has 2 aromatic rings. The first-order valence-electron chi connectivity index (χ1n) is 5.64. The van der Waals surface area contributed by atoms with Crippen LogP contribution in [-0.4, -0.2) is 23.1 Å². The first-order chi connectivity index (χ1) is 9.20. The molecule has 0 saturated carbocycles. The fraction of sp³-hybridized carbons (Fsp3) is 0.167. The Morgan fingerprint density at radius 3 is 3.11 bits per heavy atom. The van der Waals surface area contributed by atoms with E-state index in [1.165, 1.54) is 6.33 Å². The Balaban J connectivity index is 2.19. The van der Waals surface area contributed by atoms with E-state index < -0.39 is 0 Å². The zero-order valence-electron chi connectivity index (χ0n) is 10.0. The van der Waals surface area contributed by atoms with Crippen molar-refractivity contribution in [1.82, 2.24) is 9.97 Å². The van der Waals surface area contributed by atoms with Crippen LogP contribution < -0.4 is 21.3 Å². The van der Waals surface area contributed by atoms with Crippen molar-refractivity contribution in [2.75, 3.05) is 18.5 Å². The Morgan fingerprint density at radius 1 is 1.47 bits per heavy atom. The third-order valence-corrected chi connectivity index (χ3v) is 3.28. The van der Waals surface area contributed by atoms with Crippen molar-refractivity contribution in [3.8, 4) is 5.75 Å². The van der Waals surface area contributed by atoms with Crippen molar-refractivity contribution in [2.24, 2.45) is 5.73 Å². The number of nitrogens with two attached hydrogens (primary N) is 1. The normalized spacial score (nSPS) is 10.2. The maximum Gasteiger partial charge on any atom is 0.266 e. The summed E-state index contributed by atoms with van der Waals surface area (Å²) < 4.78 is 5.94. The third-order valence-electron chi connectivity index (χ3n) is 2.28. The predicted octanol–water partition coefficient (Wildman–Crippen LogP) is 1.46. The van der Waals surface area contributed by atoms with Crippen LogP contribution in [-0.2, 0) is 0 Å². The molecule has 0 unspecified atom stereocenters. The molecule has 1 aromatic heterocycles. The molecule has 4 N–H and O–H groups in total. The van der Waals surface area contributed by atoms with Gasteiger partial charge in [0, 0.05) is 18.3 Å². The molecule has 0 aliphatic rings. The van der Waals surface area contributed by atoms with Gasteiger partial charge >= 0.3 is 0 Å². The average molecular weight is 372 g/mol. The Labute approximate surface area is 123 Å². The number of H-pyrrole nitrogens is 1. The van der Waals surface area contributed by atoms with Crippen LogP contribution in [0.3, 0.4) is 0 Å². The zero-order valence-corrected chi connectivity index (χ0v) is 12.2. The lowest BCUT2D eigenvalue weighted by molar-refractivity contribution is 0.328. The molecule has 0 fully saturated rings. The number of aromatic nitrogens is 2. The molecule has 0 aliphatic carbocycles. The highest BCUT2D eigenvalue weighted by Gasteiger charge is 2.05. The van der Waals surface area contributed by atoms with Gasteiger partial charge in [0.15, 0.2) is 5.82 Å². The molecule has 0 amide bonds. The summed E-state index contributed by atoms with van der Waals surface area (Å²) in [6.07, 6.45) is 1.36. The molecule has 1 aromatic carbocycles. The summed E-state index contributed by atoms with van der Waals surface area (Å²) in [4.78, 5) is 18.1.